The summed E-state index contributed by atoms with van der Waals surface area (Å²) in [6.07, 6.45) is 0.131. The van der Waals surface area contributed by atoms with E-state index >= 15 is 0 Å². The zero-order valence-corrected chi connectivity index (χ0v) is 15.7. The second-order valence-corrected chi connectivity index (χ2v) is 6.74. The van der Waals surface area contributed by atoms with Crippen LogP contribution in [0.3, 0.4) is 0 Å². The summed E-state index contributed by atoms with van der Waals surface area (Å²) in [6, 6.07) is 15.0. The fourth-order valence-electron chi connectivity index (χ4n) is 2.39. The van der Waals surface area contributed by atoms with Crippen LogP contribution in [0.5, 0.6) is 11.5 Å². The molecule has 0 aliphatic heterocycles. The van der Waals surface area contributed by atoms with Crippen molar-refractivity contribution in [2.45, 2.75) is 20.0 Å². The summed E-state index contributed by atoms with van der Waals surface area (Å²) in [5, 5.41) is 5.37. The Bertz CT molecular complexity index is 888. The van der Waals surface area contributed by atoms with Crippen LogP contribution in [0.4, 0.5) is 5.69 Å². The molecule has 5 nitrogen and oxygen atoms in total. The Kier molecular flexibility index (Phi) is 5.53. The van der Waals surface area contributed by atoms with Crippen LogP contribution in [-0.4, -0.2) is 24.1 Å². The molecule has 3 rings (SSSR count). The highest BCUT2D eigenvalue weighted by Gasteiger charge is 2.14. The number of hydrogen-bond donors (Lipinski definition) is 1. The molecule has 0 aliphatic rings. The quantitative estimate of drug-likeness (QED) is 0.675. The molecule has 134 valence electrons. The van der Waals surface area contributed by atoms with Crippen LogP contribution in [0.1, 0.15) is 24.3 Å². The number of methoxy groups -OCH3 is 1. The topological polar surface area (TPSA) is 60.5 Å². The number of carbonyl (C=O) groups is 1. The van der Waals surface area contributed by atoms with Gasteiger partial charge in [-0.15, -0.1) is 11.3 Å². The number of benzene rings is 2. The van der Waals surface area contributed by atoms with Crippen LogP contribution in [-0.2, 0) is 0 Å². The fourth-order valence-corrected chi connectivity index (χ4v) is 3.20. The van der Waals surface area contributed by atoms with Crippen LogP contribution in [0, 0.1) is 0 Å². The van der Waals surface area contributed by atoms with E-state index in [4.69, 9.17) is 9.47 Å². The molecule has 0 spiro atoms. The molecular formula is C20H20N2O3S. The molecule has 0 unspecified atom stereocenters. The number of carbonyl (C=O) groups excluding carboxylic acids is 1. The Morgan fingerprint density at radius 3 is 2.54 bits per heavy atom. The second kappa shape index (κ2) is 8.01. The summed E-state index contributed by atoms with van der Waals surface area (Å²) in [4.78, 5) is 16.9. The van der Waals surface area contributed by atoms with Gasteiger partial charge in [0.15, 0.2) is 0 Å². The van der Waals surface area contributed by atoms with Gasteiger partial charge in [0, 0.05) is 10.9 Å². The van der Waals surface area contributed by atoms with Crippen LogP contribution in [0.15, 0.2) is 53.9 Å². The van der Waals surface area contributed by atoms with E-state index in [2.05, 4.69) is 10.3 Å². The van der Waals surface area contributed by atoms with E-state index in [9.17, 15) is 4.79 Å². The normalized spacial score (nSPS) is 10.6. The molecule has 0 fully saturated rings. The number of amides is 1. The summed E-state index contributed by atoms with van der Waals surface area (Å²) in [6.45, 7) is 3.97. The van der Waals surface area contributed by atoms with Crippen LogP contribution >= 0.6 is 11.3 Å². The third-order valence-corrected chi connectivity index (χ3v) is 4.46. The zero-order chi connectivity index (χ0) is 18.5. The number of thiazole rings is 1. The van der Waals surface area contributed by atoms with Crippen LogP contribution < -0.4 is 14.8 Å². The molecule has 6 heteroatoms. The molecule has 0 saturated heterocycles. The van der Waals surface area contributed by atoms with Crippen molar-refractivity contribution in [1.82, 2.24) is 4.98 Å². The van der Waals surface area contributed by atoms with Crippen molar-refractivity contribution in [2.75, 3.05) is 12.4 Å². The van der Waals surface area contributed by atoms with Gasteiger partial charge in [-0.1, -0.05) is 12.1 Å². The molecule has 1 N–H and O–H groups in total. The van der Waals surface area contributed by atoms with Crippen molar-refractivity contribution in [3.63, 3.8) is 0 Å². The van der Waals surface area contributed by atoms with E-state index in [-0.39, 0.29) is 12.0 Å². The predicted octanol–water partition coefficient (Wildman–Crippen LogP) is 4.86. The third kappa shape index (κ3) is 4.21. The maximum atomic E-state index is 12.5. The number of para-hydroxylation sites is 2. The Morgan fingerprint density at radius 2 is 1.85 bits per heavy atom. The molecule has 1 heterocycles. The summed E-state index contributed by atoms with van der Waals surface area (Å²) in [7, 11) is 1.57. The van der Waals surface area contributed by atoms with Gasteiger partial charge < -0.3 is 14.8 Å². The number of ether oxygens (including phenoxy) is 2. The first kappa shape index (κ1) is 17.9. The van der Waals surface area contributed by atoms with Gasteiger partial charge in [-0.2, -0.15) is 0 Å². The molecule has 26 heavy (non-hydrogen) atoms. The Labute approximate surface area is 156 Å². The van der Waals surface area contributed by atoms with E-state index in [0.29, 0.717) is 17.1 Å². The predicted molar refractivity (Wildman–Crippen MR) is 104 cm³/mol. The van der Waals surface area contributed by atoms with Crippen molar-refractivity contribution in [2.24, 2.45) is 0 Å². The van der Waals surface area contributed by atoms with E-state index in [1.54, 1.807) is 24.6 Å². The lowest BCUT2D eigenvalue weighted by molar-refractivity contribution is 0.102. The lowest BCUT2D eigenvalue weighted by Crippen LogP contribution is -2.13. The number of anilines is 1. The molecule has 0 radical (unpaired) electrons. The highest BCUT2D eigenvalue weighted by molar-refractivity contribution is 7.13. The lowest BCUT2D eigenvalue weighted by Gasteiger charge is -2.09. The average molecular weight is 368 g/mol. The number of rotatable bonds is 6. The summed E-state index contributed by atoms with van der Waals surface area (Å²) in [5.74, 6) is 1.16. The molecule has 1 aromatic heterocycles. The van der Waals surface area contributed by atoms with Crippen molar-refractivity contribution in [3.8, 4) is 22.1 Å². The number of nitrogens with zero attached hydrogens (tertiary/aromatic N) is 1. The van der Waals surface area contributed by atoms with Crippen LogP contribution in [0.25, 0.3) is 10.6 Å². The van der Waals surface area contributed by atoms with Gasteiger partial charge in [-0.3, -0.25) is 4.79 Å². The van der Waals surface area contributed by atoms with Gasteiger partial charge in [0.05, 0.1) is 18.9 Å². The molecule has 0 bridgehead atoms. The number of nitrogens with one attached hydrogen (secondary N) is 1. The van der Waals surface area contributed by atoms with Crippen molar-refractivity contribution in [3.05, 3.63) is 59.6 Å². The van der Waals surface area contributed by atoms with E-state index < -0.39 is 0 Å². The molecule has 0 aliphatic carbocycles. The van der Waals surface area contributed by atoms with Crippen molar-refractivity contribution < 1.29 is 14.3 Å². The minimum absolute atomic E-state index is 0.131. The van der Waals surface area contributed by atoms with Gasteiger partial charge >= 0.3 is 0 Å². The number of hydrogen-bond acceptors (Lipinski definition) is 5. The highest BCUT2D eigenvalue weighted by Crippen LogP contribution is 2.27. The minimum atomic E-state index is -0.267. The lowest BCUT2D eigenvalue weighted by atomic mass is 10.2. The first-order valence-corrected chi connectivity index (χ1v) is 9.12. The highest BCUT2D eigenvalue weighted by atomic mass is 32.1. The SMILES string of the molecule is COc1ccccc1NC(=O)c1csc(-c2ccc(OC(C)C)cc2)n1. The van der Waals surface area contributed by atoms with Crippen molar-refractivity contribution in [1.29, 1.82) is 0 Å². The summed E-state index contributed by atoms with van der Waals surface area (Å²) >= 11 is 1.43. The summed E-state index contributed by atoms with van der Waals surface area (Å²) < 4.78 is 10.9. The number of aromatic nitrogens is 1. The van der Waals surface area contributed by atoms with Crippen LogP contribution in [0.2, 0.25) is 0 Å². The maximum Gasteiger partial charge on any atom is 0.275 e. The summed E-state index contributed by atoms with van der Waals surface area (Å²) in [5.41, 5.74) is 1.94. The molecule has 1 amide bonds. The molecule has 2 aromatic carbocycles. The first-order valence-electron chi connectivity index (χ1n) is 8.24. The second-order valence-electron chi connectivity index (χ2n) is 5.88. The minimum Gasteiger partial charge on any atom is -0.495 e. The van der Waals surface area contributed by atoms with E-state index in [1.807, 2.05) is 50.2 Å². The molecule has 0 saturated carbocycles. The molecule has 3 aromatic rings. The Morgan fingerprint density at radius 1 is 1.12 bits per heavy atom. The van der Waals surface area contributed by atoms with Gasteiger partial charge in [-0.25, -0.2) is 4.98 Å². The Balaban J connectivity index is 1.74. The largest absolute Gasteiger partial charge is 0.495 e. The average Bonchev–Trinajstić information content (AvgIpc) is 3.12. The zero-order valence-electron chi connectivity index (χ0n) is 14.9. The van der Waals surface area contributed by atoms with Gasteiger partial charge in [0.2, 0.25) is 0 Å². The first-order chi connectivity index (χ1) is 12.6. The molecular weight excluding hydrogens is 348 g/mol. The van der Waals surface area contributed by atoms with Gasteiger partial charge in [0.1, 0.15) is 22.2 Å². The monoisotopic (exact) mass is 368 g/mol. The maximum absolute atomic E-state index is 12.5. The Hall–Kier alpha value is -2.86. The van der Waals surface area contributed by atoms with Gasteiger partial charge in [0.25, 0.3) is 5.91 Å². The van der Waals surface area contributed by atoms with Gasteiger partial charge in [-0.05, 0) is 50.2 Å². The standard InChI is InChI=1S/C20H20N2O3S/c1-13(2)25-15-10-8-14(9-11-15)20-22-17(12-26-20)19(23)21-16-6-4-5-7-18(16)24-3/h4-13H,1-3H3,(H,21,23). The fraction of sp³-hybridized carbons (Fsp3) is 0.200. The third-order valence-electron chi connectivity index (χ3n) is 3.57. The smallest absolute Gasteiger partial charge is 0.275 e. The van der Waals surface area contributed by atoms with E-state index in [1.165, 1.54) is 11.3 Å². The van der Waals surface area contributed by atoms with E-state index in [0.717, 1.165) is 16.3 Å². The molecule has 0 atom stereocenters. The van der Waals surface area contributed by atoms with Crippen molar-refractivity contribution >= 4 is 22.9 Å².